The van der Waals surface area contributed by atoms with E-state index >= 15 is 0 Å². The summed E-state index contributed by atoms with van der Waals surface area (Å²) in [4.78, 5) is 12.7. The summed E-state index contributed by atoms with van der Waals surface area (Å²) in [6.45, 7) is 2.04. The monoisotopic (exact) mass is 550 g/mol. The molecule has 2 aliphatic rings. The summed E-state index contributed by atoms with van der Waals surface area (Å²) in [7, 11) is 0. The Bertz CT molecular complexity index is 1920. The van der Waals surface area contributed by atoms with E-state index in [4.69, 9.17) is 21.6 Å². The van der Waals surface area contributed by atoms with Crippen LogP contribution < -0.4 is 0 Å². The molecule has 1 aliphatic heterocycles. The first-order valence-electron chi connectivity index (χ1n) is 13.4. The van der Waals surface area contributed by atoms with E-state index in [9.17, 15) is 0 Å². The smallest absolute Gasteiger partial charge is 0.160 e. The Kier molecular flexibility index (Phi) is 5.28. The number of fused-ring (bicyclic) bond motifs is 9. The minimum atomic E-state index is -0.463. The molecule has 0 N–H and O–H groups in total. The van der Waals surface area contributed by atoms with E-state index in [1.54, 1.807) is 0 Å². The number of halogens is 1. The van der Waals surface area contributed by atoms with Gasteiger partial charge in [-0.2, -0.15) is 0 Å². The van der Waals surface area contributed by atoms with Crippen LogP contribution >= 0.6 is 23.4 Å². The molecule has 190 valence electrons. The van der Waals surface area contributed by atoms with Crippen LogP contribution in [0, 0.1) is 6.92 Å². The predicted octanol–water partition coefficient (Wildman–Crippen LogP) is 9.60. The summed E-state index contributed by atoms with van der Waals surface area (Å²) >= 11 is 8.56. The van der Waals surface area contributed by atoms with Gasteiger partial charge in [-0.25, -0.2) is 9.97 Å². The van der Waals surface area contributed by atoms with Gasteiger partial charge in [0.15, 0.2) is 5.82 Å². The molecule has 0 fully saturated rings. The van der Waals surface area contributed by atoms with E-state index < -0.39 is 5.41 Å². The van der Waals surface area contributed by atoms with Crippen LogP contribution in [0.15, 0.2) is 131 Å². The summed E-state index contributed by atoms with van der Waals surface area (Å²) in [5, 5.41) is 0.721. The van der Waals surface area contributed by atoms with Crippen molar-refractivity contribution >= 4 is 23.4 Å². The lowest BCUT2D eigenvalue weighted by molar-refractivity contribution is 0.722. The SMILES string of the molecule is Cc1cc(-c2ccccc2)nc(-c2cccc3c2-c2cc(Cl)ccc2C32c3ccccc3Sc3ccccc32)n1. The fraction of sp³-hybridized carbons (Fsp3) is 0.0556. The number of hydrogen-bond donors (Lipinski definition) is 0. The molecule has 40 heavy (non-hydrogen) atoms. The second-order valence-corrected chi connectivity index (χ2v) is 11.9. The molecule has 2 heterocycles. The van der Waals surface area contributed by atoms with Crippen molar-refractivity contribution in [3.05, 3.63) is 154 Å². The van der Waals surface area contributed by atoms with Crippen molar-refractivity contribution in [3.63, 3.8) is 0 Å². The highest BCUT2D eigenvalue weighted by atomic mass is 35.5. The Morgan fingerprint density at radius 1 is 0.600 bits per heavy atom. The molecular weight excluding hydrogens is 528 g/mol. The zero-order chi connectivity index (χ0) is 26.8. The number of hydrogen-bond acceptors (Lipinski definition) is 3. The van der Waals surface area contributed by atoms with Gasteiger partial charge >= 0.3 is 0 Å². The van der Waals surface area contributed by atoms with Crippen LogP contribution in [-0.2, 0) is 5.41 Å². The highest BCUT2D eigenvalue weighted by Gasteiger charge is 2.50. The van der Waals surface area contributed by atoms with E-state index in [0.717, 1.165) is 44.5 Å². The molecule has 0 saturated heterocycles. The Morgan fingerprint density at radius 2 is 1.27 bits per heavy atom. The quantitative estimate of drug-likeness (QED) is 0.214. The molecule has 6 aromatic rings. The van der Waals surface area contributed by atoms with E-state index in [2.05, 4.69) is 97.1 Å². The molecule has 2 nitrogen and oxygen atoms in total. The average molecular weight is 551 g/mol. The normalized spacial score (nSPS) is 13.8. The maximum absolute atomic E-state index is 6.71. The van der Waals surface area contributed by atoms with Crippen LogP contribution in [0.4, 0.5) is 0 Å². The summed E-state index contributed by atoms with van der Waals surface area (Å²) in [6.07, 6.45) is 0. The molecule has 5 aromatic carbocycles. The zero-order valence-electron chi connectivity index (χ0n) is 21.7. The van der Waals surface area contributed by atoms with Crippen LogP contribution in [-0.4, -0.2) is 9.97 Å². The standard InChI is InChI=1S/C36H23ClN2S/c1-22-20-31(23-10-3-2-4-11-23)39-35(38-22)25-12-9-15-30-34(25)26-21-24(37)18-19-27(26)36(30)28-13-5-7-16-32(28)40-33-17-8-6-14-29(33)36/h2-21H,1H3. The first kappa shape index (κ1) is 23.7. The number of nitrogens with zero attached hydrogens (tertiary/aromatic N) is 2. The topological polar surface area (TPSA) is 25.8 Å². The minimum absolute atomic E-state index is 0.463. The van der Waals surface area contributed by atoms with E-state index in [-0.39, 0.29) is 0 Å². The molecule has 1 aliphatic carbocycles. The molecule has 1 spiro atoms. The Hall–Kier alpha value is -4.18. The maximum Gasteiger partial charge on any atom is 0.160 e. The van der Waals surface area contributed by atoms with Gasteiger partial charge in [-0.3, -0.25) is 0 Å². The second kappa shape index (κ2) is 8.92. The maximum atomic E-state index is 6.71. The van der Waals surface area contributed by atoms with Gasteiger partial charge < -0.3 is 0 Å². The largest absolute Gasteiger partial charge is 0.233 e. The van der Waals surface area contributed by atoms with Crippen LogP contribution in [0.1, 0.15) is 27.9 Å². The molecule has 0 amide bonds. The highest BCUT2D eigenvalue weighted by Crippen LogP contribution is 2.63. The molecular formula is C36H23ClN2S. The minimum Gasteiger partial charge on any atom is -0.233 e. The number of rotatable bonds is 2. The van der Waals surface area contributed by atoms with Crippen LogP contribution in [0.3, 0.4) is 0 Å². The average Bonchev–Trinajstić information content (AvgIpc) is 3.27. The zero-order valence-corrected chi connectivity index (χ0v) is 23.3. The molecule has 0 atom stereocenters. The van der Waals surface area contributed by atoms with Gasteiger partial charge in [-0.15, -0.1) is 0 Å². The third-order valence-corrected chi connectivity index (χ3v) is 9.48. The molecule has 0 saturated carbocycles. The van der Waals surface area contributed by atoms with Crippen molar-refractivity contribution in [2.24, 2.45) is 0 Å². The lowest BCUT2D eigenvalue weighted by Crippen LogP contribution is -2.31. The molecule has 0 radical (unpaired) electrons. The summed E-state index contributed by atoms with van der Waals surface area (Å²) in [5.74, 6) is 0.727. The molecule has 0 unspecified atom stereocenters. The van der Waals surface area contributed by atoms with Crippen LogP contribution in [0.5, 0.6) is 0 Å². The van der Waals surface area contributed by atoms with E-state index in [1.165, 1.54) is 32.0 Å². The fourth-order valence-corrected chi connectivity index (χ4v) is 7.92. The van der Waals surface area contributed by atoms with Crippen LogP contribution in [0.2, 0.25) is 5.02 Å². The van der Waals surface area contributed by atoms with Crippen molar-refractivity contribution in [1.82, 2.24) is 9.97 Å². The van der Waals surface area contributed by atoms with Gasteiger partial charge in [0.25, 0.3) is 0 Å². The van der Waals surface area contributed by atoms with Gasteiger partial charge in [0.1, 0.15) is 0 Å². The lowest BCUT2D eigenvalue weighted by Gasteiger charge is -2.39. The number of benzene rings is 5. The van der Waals surface area contributed by atoms with Crippen molar-refractivity contribution in [3.8, 4) is 33.8 Å². The highest BCUT2D eigenvalue weighted by molar-refractivity contribution is 7.99. The lowest BCUT2D eigenvalue weighted by atomic mass is 9.67. The van der Waals surface area contributed by atoms with Gasteiger partial charge in [0.2, 0.25) is 0 Å². The molecule has 1 aromatic heterocycles. The van der Waals surface area contributed by atoms with Crippen LogP contribution in [0.25, 0.3) is 33.8 Å². The number of aromatic nitrogens is 2. The Balaban J connectivity index is 1.48. The van der Waals surface area contributed by atoms with Crippen molar-refractivity contribution < 1.29 is 0 Å². The summed E-state index contributed by atoms with van der Waals surface area (Å²) in [6, 6.07) is 43.0. The fourth-order valence-electron chi connectivity index (χ4n) is 6.56. The second-order valence-electron chi connectivity index (χ2n) is 10.3. The molecule has 0 bridgehead atoms. The third kappa shape index (κ3) is 3.32. The van der Waals surface area contributed by atoms with Gasteiger partial charge in [0, 0.05) is 31.6 Å². The van der Waals surface area contributed by atoms with E-state index in [1.807, 2.05) is 43.0 Å². The predicted molar refractivity (Wildman–Crippen MR) is 164 cm³/mol. The van der Waals surface area contributed by atoms with Crippen molar-refractivity contribution in [2.75, 3.05) is 0 Å². The van der Waals surface area contributed by atoms with Gasteiger partial charge in [-0.05, 0) is 70.6 Å². The number of aryl methyl sites for hydroxylation is 1. The molecule has 4 heteroatoms. The third-order valence-electron chi connectivity index (χ3n) is 8.09. The van der Waals surface area contributed by atoms with Crippen molar-refractivity contribution in [2.45, 2.75) is 22.1 Å². The van der Waals surface area contributed by atoms with Gasteiger partial charge in [-0.1, -0.05) is 114 Å². The molecule has 8 rings (SSSR count). The van der Waals surface area contributed by atoms with Crippen molar-refractivity contribution in [1.29, 1.82) is 0 Å². The van der Waals surface area contributed by atoms with E-state index in [0.29, 0.717) is 0 Å². The summed E-state index contributed by atoms with van der Waals surface area (Å²) < 4.78 is 0. The summed E-state index contributed by atoms with van der Waals surface area (Å²) in [5.41, 5.74) is 10.9. The first-order chi connectivity index (χ1) is 19.6. The Labute approximate surface area is 242 Å². The Morgan fingerprint density at radius 3 is 2.02 bits per heavy atom. The van der Waals surface area contributed by atoms with Gasteiger partial charge in [0.05, 0.1) is 11.1 Å². The first-order valence-corrected chi connectivity index (χ1v) is 14.6.